The highest BCUT2D eigenvalue weighted by molar-refractivity contribution is 6.34. The topological polar surface area (TPSA) is 79.9 Å². The predicted molar refractivity (Wildman–Crippen MR) is 138 cm³/mol. The average Bonchev–Trinajstić information content (AvgIpc) is 3.12. The Morgan fingerprint density at radius 2 is 1.97 bits per heavy atom. The molecule has 0 spiro atoms. The van der Waals surface area contributed by atoms with Crippen molar-refractivity contribution in [3.63, 3.8) is 0 Å². The molecule has 176 valence electrons. The van der Waals surface area contributed by atoms with Crippen LogP contribution in [0, 0.1) is 11.3 Å². The summed E-state index contributed by atoms with van der Waals surface area (Å²) in [5, 5.41) is 14.2. The zero-order valence-electron chi connectivity index (χ0n) is 19.6. The van der Waals surface area contributed by atoms with E-state index in [1.807, 2.05) is 36.4 Å². The van der Waals surface area contributed by atoms with Crippen molar-refractivity contribution in [1.29, 1.82) is 5.26 Å². The number of aromatic nitrogens is 2. The highest BCUT2D eigenvalue weighted by Gasteiger charge is 2.28. The normalized spacial score (nSPS) is 13.5. The summed E-state index contributed by atoms with van der Waals surface area (Å²) in [4.78, 5) is 16.5. The van der Waals surface area contributed by atoms with Gasteiger partial charge in [-0.3, -0.25) is 10.3 Å². The smallest absolute Gasteiger partial charge is 0.411 e. The standard InChI is InChI=1S/C28H25ClN4O2/c1-17(2)35-28(34)32-25-12-10-19(14-23(25)29)27-22(16-30)21-11-9-18(24-8-3-4-13-31-24)15-26(21)33(27)20-6-5-7-20/h3-4,8-15,17,20H,5-7H2,1-2H3,(H,32,34). The maximum absolute atomic E-state index is 12.0. The lowest BCUT2D eigenvalue weighted by atomic mass is 9.92. The summed E-state index contributed by atoms with van der Waals surface area (Å²) in [6.07, 6.45) is 4.27. The van der Waals surface area contributed by atoms with Gasteiger partial charge in [-0.25, -0.2) is 4.79 Å². The maximum Gasteiger partial charge on any atom is 0.411 e. The molecule has 0 saturated heterocycles. The van der Waals surface area contributed by atoms with Crippen molar-refractivity contribution < 1.29 is 9.53 Å². The number of benzene rings is 2. The van der Waals surface area contributed by atoms with Gasteiger partial charge in [0.1, 0.15) is 6.07 Å². The SMILES string of the molecule is CC(C)OC(=O)Nc1ccc(-c2c(C#N)c3ccc(-c4ccccn4)cc3n2C2CCC2)cc1Cl. The molecule has 6 nitrogen and oxygen atoms in total. The molecule has 1 aliphatic rings. The Kier molecular flexibility index (Phi) is 6.19. The first-order valence-corrected chi connectivity index (χ1v) is 12.1. The van der Waals surface area contributed by atoms with Gasteiger partial charge < -0.3 is 9.30 Å². The van der Waals surface area contributed by atoms with Crippen LogP contribution in [0.2, 0.25) is 5.02 Å². The van der Waals surface area contributed by atoms with Crippen LogP contribution in [0.4, 0.5) is 10.5 Å². The number of rotatable bonds is 5. The van der Waals surface area contributed by atoms with Crippen molar-refractivity contribution in [1.82, 2.24) is 9.55 Å². The van der Waals surface area contributed by atoms with E-state index >= 15 is 0 Å². The Hall–Kier alpha value is -3.82. The minimum absolute atomic E-state index is 0.236. The van der Waals surface area contributed by atoms with Crippen LogP contribution in [-0.2, 0) is 4.74 Å². The van der Waals surface area contributed by atoms with Gasteiger partial charge in [0, 0.05) is 28.8 Å². The van der Waals surface area contributed by atoms with Crippen LogP contribution < -0.4 is 5.32 Å². The zero-order valence-corrected chi connectivity index (χ0v) is 20.3. The maximum atomic E-state index is 12.0. The number of nitrogens with zero attached hydrogens (tertiary/aromatic N) is 3. The van der Waals surface area contributed by atoms with Crippen LogP contribution in [0.15, 0.2) is 60.8 Å². The van der Waals surface area contributed by atoms with Gasteiger partial charge in [0.15, 0.2) is 0 Å². The molecule has 2 aromatic heterocycles. The van der Waals surface area contributed by atoms with Crippen LogP contribution in [-0.4, -0.2) is 21.7 Å². The fourth-order valence-electron chi connectivity index (χ4n) is 4.54. The molecule has 0 atom stereocenters. The Morgan fingerprint density at radius 1 is 1.17 bits per heavy atom. The van der Waals surface area contributed by atoms with E-state index in [4.69, 9.17) is 16.3 Å². The van der Waals surface area contributed by atoms with Gasteiger partial charge in [-0.2, -0.15) is 5.26 Å². The molecule has 7 heteroatoms. The summed E-state index contributed by atoms with van der Waals surface area (Å²) >= 11 is 6.57. The first-order chi connectivity index (χ1) is 17.0. The van der Waals surface area contributed by atoms with Crippen molar-refractivity contribution in [2.24, 2.45) is 0 Å². The summed E-state index contributed by atoms with van der Waals surface area (Å²) in [7, 11) is 0. The molecule has 1 saturated carbocycles. The third-order valence-corrected chi connectivity index (χ3v) is 6.65. The summed E-state index contributed by atoms with van der Waals surface area (Å²) in [5.41, 5.74) is 5.68. The quantitative estimate of drug-likeness (QED) is 0.316. The lowest BCUT2D eigenvalue weighted by Gasteiger charge is -2.30. The van der Waals surface area contributed by atoms with Crippen molar-refractivity contribution in [2.75, 3.05) is 5.32 Å². The molecule has 4 aromatic rings. The largest absolute Gasteiger partial charge is 0.447 e. The van der Waals surface area contributed by atoms with E-state index in [1.165, 1.54) is 0 Å². The Morgan fingerprint density at radius 3 is 2.60 bits per heavy atom. The van der Waals surface area contributed by atoms with Gasteiger partial charge in [-0.05, 0) is 63.4 Å². The summed E-state index contributed by atoms with van der Waals surface area (Å²) < 4.78 is 7.45. The number of ether oxygens (including phenoxy) is 1. The summed E-state index contributed by atoms with van der Waals surface area (Å²) in [5.74, 6) is 0. The number of amides is 1. The Balaban J connectivity index is 1.64. The number of hydrogen-bond acceptors (Lipinski definition) is 4. The van der Waals surface area contributed by atoms with E-state index in [0.717, 1.165) is 52.7 Å². The molecule has 35 heavy (non-hydrogen) atoms. The summed E-state index contributed by atoms with van der Waals surface area (Å²) in [6, 6.07) is 20.2. The minimum Gasteiger partial charge on any atom is -0.447 e. The van der Waals surface area contributed by atoms with Gasteiger partial charge in [0.25, 0.3) is 0 Å². The molecular weight excluding hydrogens is 460 g/mol. The van der Waals surface area contributed by atoms with E-state index < -0.39 is 6.09 Å². The minimum atomic E-state index is -0.557. The van der Waals surface area contributed by atoms with E-state index in [0.29, 0.717) is 22.3 Å². The van der Waals surface area contributed by atoms with Crippen molar-refractivity contribution in [3.8, 4) is 28.6 Å². The van der Waals surface area contributed by atoms with E-state index in [-0.39, 0.29) is 6.10 Å². The van der Waals surface area contributed by atoms with Gasteiger partial charge >= 0.3 is 6.09 Å². The number of nitrogens with one attached hydrogen (secondary N) is 1. The fourth-order valence-corrected chi connectivity index (χ4v) is 4.77. The van der Waals surface area contributed by atoms with E-state index in [1.54, 1.807) is 32.2 Å². The molecule has 5 rings (SSSR count). The number of carbonyl (C=O) groups is 1. The lowest BCUT2D eigenvalue weighted by Crippen LogP contribution is -2.18. The first kappa shape index (κ1) is 22.9. The molecule has 2 aromatic carbocycles. The number of hydrogen-bond donors (Lipinski definition) is 1. The Labute approximate surface area is 209 Å². The second kappa shape index (κ2) is 9.44. The number of anilines is 1. The van der Waals surface area contributed by atoms with Crippen LogP contribution in [0.25, 0.3) is 33.4 Å². The van der Waals surface area contributed by atoms with Crippen molar-refractivity contribution >= 4 is 34.3 Å². The molecule has 1 fully saturated rings. The molecule has 1 aliphatic carbocycles. The van der Waals surface area contributed by atoms with Crippen molar-refractivity contribution in [2.45, 2.75) is 45.3 Å². The number of nitriles is 1. The highest BCUT2D eigenvalue weighted by atomic mass is 35.5. The molecule has 1 N–H and O–H groups in total. The molecule has 0 radical (unpaired) electrons. The van der Waals surface area contributed by atoms with Gasteiger partial charge in [-0.15, -0.1) is 0 Å². The van der Waals surface area contributed by atoms with Gasteiger partial charge in [0.2, 0.25) is 0 Å². The molecule has 1 amide bonds. The lowest BCUT2D eigenvalue weighted by molar-refractivity contribution is 0.130. The molecule has 0 unspecified atom stereocenters. The predicted octanol–water partition coefficient (Wildman–Crippen LogP) is 7.58. The number of halogens is 1. The third kappa shape index (κ3) is 4.36. The van der Waals surface area contributed by atoms with Gasteiger partial charge in [-0.1, -0.05) is 35.9 Å². The zero-order chi connectivity index (χ0) is 24.5. The molecule has 0 bridgehead atoms. The monoisotopic (exact) mass is 484 g/mol. The summed E-state index contributed by atoms with van der Waals surface area (Å²) in [6.45, 7) is 3.57. The first-order valence-electron chi connectivity index (χ1n) is 11.7. The number of fused-ring (bicyclic) bond motifs is 1. The number of carbonyl (C=O) groups excluding carboxylic acids is 1. The highest BCUT2D eigenvalue weighted by Crippen LogP contribution is 2.44. The van der Waals surface area contributed by atoms with E-state index in [2.05, 4.69) is 27.0 Å². The van der Waals surface area contributed by atoms with E-state index in [9.17, 15) is 10.1 Å². The van der Waals surface area contributed by atoms with Crippen LogP contribution in [0.5, 0.6) is 0 Å². The third-order valence-electron chi connectivity index (χ3n) is 6.34. The van der Waals surface area contributed by atoms with Crippen molar-refractivity contribution in [3.05, 3.63) is 71.4 Å². The fraction of sp³-hybridized carbons (Fsp3) is 0.250. The van der Waals surface area contributed by atoms with Crippen LogP contribution in [0.1, 0.15) is 44.7 Å². The second-order valence-corrected chi connectivity index (χ2v) is 9.42. The molecule has 0 aliphatic heterocycles. The van der Waals surface area contributed by atoms with Crippen LogP contribution in [0.3, 0.4) is 0 Å². The molecular formula is C28H25ClN4O2. The van der Waals surface area contributed by atoms with Gasteiger partial charge in [0.05, 0.1) is 39.3 Å². The van der Waals surface area contributed by atoms with Crippen LogP contribution >= 0.6 is 11.6 Å². The number of pyridine rings is 1. The average molecular weight is 485 g/mol. The second-order valence-electron chi connectivity index (χ2n) is 9.01. The Bertz CT molecular complexity index is 1450. The molecule has 2 heterocycles.